The van der Waals surface area contributed by atoms with Crippen LogP contribution in [-0.4, -0.2) is 23.9 Å². The van der Waals surface area contributed by atoms with Gasteiger partial charge in [0.05, 0.1) is 11.7 Å². The second kappa shape index (κ2) is 5.55. The van der Waals surface area contributed by atoms with Crippen LogP contribution in [0.5, 0.6) is 0 Å². The summed E-state index contributed by atoms with van der Waals surface area (Å²) in [6, 6.07) is 0. The van der Waals surface area contributed by atoms with Gasteiger partial charge in [0.25, 0.3) is 0 Å². The Morgan fingerprint density at radius 2 is 1.75 bits per heavy atom. The molecule has 0 saturated carbocycles. The molecule has 0 aromatic carbocycles. The first-order valence-electron chi connectivity index (χ1n) is 4.90. The van der Waals surface area contributed by atoms with E-state index in [4.69, 9.17) is 4.74 Å². The predicted octanol–water partition coefficient (Wildman–Crippen LogP) is 2.35. The Morgan fingerprint density at radius 1 is 1.25 bits per heavy atom. The molecule has 0 bridgehead atoms. The van der Waals surface area contributed by atoms with E-state index in [1.54, 1.807) is 7.11 Å². The molecular weight excluding hydrogens is 152 g/mol. The van der Waals surface area contributed by atoms with Gasteiger partial charge in [-0.25, -0.2) is 0 Å². The standard InChI is InChI=1S/C10H22O2/c1-5-8-9(11)10(6-2,7-3)12-4/h9,11H,5-8H2,1-4H3. The second-order valence-corrected chi connectivity index (χ2v) is 3.28. The van der Waals surface area contributed by atoms with E-state index in [2.05, 4.69) is 20.8 Å². The van der Waals surface area contributed by atoms with E-state index < -0.39 is 0 Å². The van der Waals surface area contributed by atoms with Gasteiger partial charge in [0, 0.05) is 7.11 Å². The molecule has 0 spiro atoms. The Kier molecular flexibility index (Phi) is 5.51. The highest BCUT2D eigenvalue weighted by Crippen LogP contribution is 2.26. The highest BCUT2D eigenvalue weighted by atomic mass is 16.5. The fourth-order valence-electron chi connectivity index (χ4n) is 1.68. The summed E-state index contributed by atoms with van der Waals surface area (Å²) in [5.74, 6) is 0. The van der Waals surface area contributed by atoms with Crippen LogP contribution in [0.15, 0.2) is 0 Å². The molecule has 0 aromatic rings. The maximum atomic E-state index is 9.83. The monoisotopic (exact) mass is 174 g/mol. The average Bonchev–Trinajstić information content (AvgIpc) is 2.09. The van der Waals surface area contributed by atoms with Crippen molar-refractivity contribution in [3.63, 3.8) is 0 Å². The van der Waals surface area contributed by atoms with Crippen LogP contribution in [0.4, 0.5) is 0 Å². The Bertz CT molecular complexity index is 100. The third kappa shape index (κ3) is 2.46. The zero-order valence-corrected chi connectivity index (χ0v) is 8.76. The number of rotatable bonds is 6. The van der Waals surface area contributed by atoms with Crippen molar-refractivity contribution in [1.82, 2.24) is 0 Å². The van der Waals surface area contributed by atoms with E-state index in [1.807, 2.05) is 0 Å². The highest BCUT2D eigenvalue weighted by Gasteiger charge is 2.33. The van der Waals surface area contributed by atoms with Crippen LogP contribution in [-0.2, 0) is 4.74 Å². The summed E-state index contributed by atoms with van der Waals surface area (Å²) in [5.41, 5.74) is -0.310. The van der Waals surface area contributed by atoms with E-state index in [9.17, 15) is 5.11 Å². The minimum atomic E-state index is -0.317. The fraction of sp³-hybridized carbons (Fsp3) is 1.00. The lowest BCUT2D eigenvalue weighted by Gasteiger charge is -2.35. The number of hydrogen-bond donors (Lipinski definition) is 1. The van der Waals surface area contributed by atoms with Crippen LogP contribution in [0.3, 0.4) is 0 Å². The van der Waals surface area contributed by atoms with Crippen molar-refractivity contribution in [2.75, 3.05) is 7.11 Å². The van der Waals surface area contributed by atoms with Crippen molar-refractivity contribution in [3.8, 4) is 0 Å². The van der Waals surface area contributed by atoms with Gasteiger partial charge < -0.3 is 9.84 Å². The van der Waals surface area contributed by atoms with E-state index in [0.29, 0.717) is 0 Å². The van der Waals surface area contributed by atoms with E-state index in [-0.39, 0.29) is 11.7 Å². The van der Waals surface area contributed by atoms with Crippen molar-refractivity contribution in [3.05, 3.63) is 0 Å². The fourth-order valence-corrected chi connectivity index (χ4v) is 1.68. The van der Waals surface area contributed by atoms with Crippen LogP contribution >= 0.6 is 0 Å². The first-order valence-corrected chi connectivity index (χ1v) is 4.90. The molecule has 0 amide bonds. The molecule has 0 rings (SSSR count). The molecule has 0 aliphatic rings. The van der Waals surface area contributed by atoms with Crippen molar-refractivity contribution < 1.29 is 9.84 Å². The van der Waals surface area contributed by atoms with Gasteiger partial charge in [-0.05, 0) is 19.3 Å². The highest BCUT2D eigenvalue weighted by molar-refractivity contribution is 4.85. The third-order valence-corrected chi connectivity index (χ3v) is 2.77. The van der Waals surface area contributed by atoms with Crippen molar-refractivity contribution >= 4 is 0 Å². The first-order chi connectivity index (χ1) is 5.66. The molecule has 2 heteroatoms. The topological polar surface area (TPSA) is 29.5 Å². The molecule has 0 aliphatic carbocycles. The Hall–Kier alpha value is -0.0800. The third-order valence-electron chi connectivity index (χ3n) is 2.77. The Labute approximate surface area is 75.9 Å². The number of ether oxygens (including phenoxy) is 1. The molecule has 1 N–H and O–H groups in total. The normalized spacial score (nSPS) is 14.8. The summed E-state index contributed by atoms with van der Waals surface area (Å²) in [4.78, 5) is 0. The van der Waals surface area contributed by atoms with Crippen molar-refractivity contribution in [2.24, 2.45) is 0 Å². The van der Waals surface area contributed by atoms with Gasteiger partial charge in [0.1, 0.15) is 0 Å². The van der Waals surface area contributed by atoms with Gasteiger partial charge in [-0.3, -0.25) is 0 Å². The SMILES string of the molecule is CCCC(O)C(CC)(CC)OC. The lowest BCUT2D eigenvalue weighted by molar-refractivity contribution is -0.110. The quantitative estimate of drug-likeness (QED) is 0.669. The lowest BCUT2D eigenvalue weighted by Crippen LogP contribution is -2.43. The summed E-state index contributed by atoms with van der Waals surface area (Å²) in [5, 5.41) is 9.83. The van der Waals surface area contributed by atoms with Crippen LogP contribution in [0.25, 0.3) is 0 Å². The summed E-state index contributed by atoms with van der Waals surface area (Å²) in [6.07, 6.45) is 3.27. The molecule has 0 radical (unpaired) electrons. The van der Waals surface area contributed by atoms with E-state index in [1.165, 1.54) is 0 Å². The summed E-state index contributed by atoms with van der Waals surface area (Å²) >= 11 is 0. The largest absolute Gasteiger partial charge is 0.390 e. The number of aliphatic hydroxyl groups is 1. The molecule has 74 valence electrons. The zero-order valence-electron chi connectivity index (χ0n) is 8.76. The summed E-state index contributed by atoms with van der Waals surface area (Å²) in [6.45, 7) is 6.20. The number of methoxy groups -OCH3 is 1. The smallest absolute Gasteiger partial charge is 0.0931 e. The molecule has 0 heterocycles. The minimum absolute atomic E-state index is 0.310. The Morgan fingerprint density at radius 3 is 2.00 bits per heavy atom. The summed E-state index contributed by atoms with van der Waals surface area (Å²) in [7, 11) is 1.69. The van der Waals surface area contributed by atoms with Gasteiger partial charge in [-0.15, -0.1) is 0 Å². The second-order valence-electron chi connectivity index (χ2n) is 3.28. The lowest BCUT2D eigenvalue weighted by atomic mass is 9.88. The van der Waals surface area contributed by atoms with Crippen molar-refractivity contribution in [2.45, 2.75) is 58.2 Å². The molecule has 0 fully saturated rings. The number of aliphatic hydroxyl groups excluding tert-OH is 1. The van der Waals surface area contributed by atoms with Gasteiger partial charge in [-0.1, -0.05) is 27.2 Å². The predicted molar refractivity (Wildman–Crippen MR) is 51.2 cm³/mol. The minimum Gasteiger partial charge on any atom is -0.390 e. The van der Waals surface area contributed by atoms with Crippen LogP contribution in [0, 0.1) is 0 Å². The van der Waals surface area contributed by atoms with E-state index >= 15 is 0 Å². The zero-order chi connectivity index (χ0) is 9.61. The summed E-state index contributed by atoms with van der Waals surface area (Å²) < 4.78 is 5.40. The molecule has 1 atom stereocenters. The van der Waals surface area contributed by atoms with Gasteiger partial charge in [0.15, 0.2) is 0 Å². The molecule has 2 nitrogen and oxygen atoms in total. The first kappa shape index (κ1) is 11.9. The van der Waals surface area contributed by atoms with Crippen LogP contribution in [0.2, 0.25) is 0 Å². The molecule has 0 saturated heterocycles. The van der Waals surface area contributed by atoms with E-state index in [0.717, 1.165) is 25.7 Å². The molecule has 1 unspecified atom stereocenters. The number of hydrogen-bond acceptors (Lipinski definition) is 2. The maximum absolute atomic E-state index is 9.83. The molecule has 0 aliphatic heterocycles. The average molecular weight is 174 g/mol. The van der Waals surface area contributed by atoms with Gasteiger partial charge in [-0.2, -0.15) is 0 Å². The van der Waals surface area contributed by atoms with Gasteiger partial charge in [0.2, 0.25) is 0 Å². The maximum Gasteiger partial charge on any atom is 0.0931 e. The van der Waals surface area contributed by atoms with Crippen LogP contribution in [0.1, 0.15) is 46.5 Å². The van der Waals surface area contributed by atoms with Gasteiger partial charge >= 0.3 is 0 Å². The van der Waals surface area contributed by atoms with Crippen LogP contribution < -0.4 is 0 Å². The van der Waals surface area contributed by atoms with Crippen molar-refractivity contribution in [1.29, 1.82) is 0 Å². The molecule has 0 aromatic heterocycles. The Balaban J connectivity index is 4.24. The molecule has 12 heavy (non-hydrogen) atoms. The molecular formula is C10H22O2.